The van der Waals surface area contributed by atoms with Crippen LogP contribution in [0.3, 0.4) is 0 Å². The van der Waals surface area contributed by atoms with Crippen LogP contribution in [0.1, 0.15) is 24.0 Å². The first-order chi connectivity index (χ1) is 13.3. The number of alkyl halides is 3. The Balaban J connectivity index is 1.81. The van der Waals surface area contributed by atoms with Gasteiger partial charge in [-0.2, -0.15) is 23.4 Å². The van der Waals surface area contributed by atoms with Gasteiger partial charge in [0.15, 0.2) is 0 Å². The number of benzene rings is 1. The van der Waals surface area contributed by atoms with Crippen molar-refractivity contribution in [2.45, 2.75) is 25.1 Å². The molecule has 0 aliphatic carbocycles. The molecule has 1 aromatic heterocycles. The van der Waals surface area contributed by atoms with Crippen molar-refractivity contribution in [2.75, 3.05) is 42.3 Å². The molecule has 0 amide bonds. The molecule has 9 heteroatoms. The monoisotopic (exact) mass is 390 g/mol. The zero-order valence-electron chi connectivity index (χ0n) is 15.7. The van der Waals surface area contributed by atoms with Gasteiger partial charge in [0.2, 0.25) is 5.95 Å². The average molecular weight is 390 g/mol. The third-order valence-corrected chi connectivity index (χ3v) is 4.63. The second kappa shape index (κ2) is 7.92. The Morgan fingerprint density at radius 1 is 1.29 bits per heavy atom. The topological polar surface area (TPSA) is 68.1 Å². The first-order valence-corrected chi connectivity index (χ1v) is 8.91. The highest BCUT2D eigenvalue weighted by molar-refractivity contribution is 5.58. The van der Waals surface area contributed by atoms with Gasteiger partial charge in [0.25, 0.3) is 0 Å². The van der Waals surface area contributed by atoms with Crippen LogP contribution in [0.5, 0.6) is 0 Å². The van der Waals surface area contributed by atoms with E-state index in [1.807, 2.05) is 19.0 Å². The third-order valence-electron chi connectivity index (χ3n) is 4.63. The molecule has 1 saturated heterocycles. The molecule has 0 radical (unpaired) electrons. The van der Waals surface area contributed by atoms with Gasteiger partial charge in [-0.25, -0.2) is 4.98 Å². The van der Waals surface area contributed by atoms with Crippen molar-refractivity contribution in [3.63, 3.8) is 0 Å². The number of hydrogen-bond acceptors (Lipinski definition) is 6. The quantitative estimate of drug-likeness (QED) is 0.862. The summed E-state index contributed by atoms with van der Waals surface area (Å²) in [6, 6.07) is 7.19. The van der Waals surface area contributed by atoms with E-state index in [1.54, 1.807) is 23.2 Å². The zero-order chi connectivity index (χ0) is 20.3. The van der Waals surface area contributed by atoms with E-state index in [4.69, 9.17) is 5.26 Å². The first kappa shape index (κ1) is 19.7. The van der Waals surface area contributed by atoms with E-state index in [-0.39, 0.29) is 17.3 Å². The fourth-order valence-corrected chi connectivity index (χ4v) is 3.27. The second-order valence-electron chi connectivity index (χ2n) is 6.90. The van der Waals surface area contributed by atoms with Gasteiger partial charge in [-0.05, 0) is 37.1 Å². The van der Waals surface area contributed by atoms with Crippen molar-refractivity contribution in [3.8, 4) is 6.07 Å². The largest absolute Gasteiger partial charge is 0.418 e. The Morgan fingerprint density at radius 2 is 2.07 bits per heavy atom. The zero-order valence-corrected chi connectivity index (χ0v) is 15.7. The molecule has 0 saturated carbocycles. The van der Waals surface area contributed by atoms with E-state index in [0.29, 0.717) is 19.0 Å². The van der Waals surface area contributed by atoms with Gasteiger partial charge >= 0.3 is 6.18 Å². The Bertz CT molecular complexity index is 875. The molecule has 1 N–H and O–H groups in total. The summed E-state index contributed by atoms with van der Waals surface area (Å²) in [5.74, 6) is 1.20. The van der Waals surface area contributed by atoms with Gasteiger partial charge in [0.1, 0.15) is 5.82 Å². The van der Waals surface area contributed by atoms with E-state index in [2.05, 4.69) is 15.3 Å². The molecule has 0 spiro atoms. The molecule has 148 valence electrons. The van der Waals surface area contributed by atoms with Crippen LogP contribution in [0, 0.1) is 11.3 Å². The molecular formula is C19H21F3N6. The highest BCUT2D eigenvalue weighted by Gasteiger charge is 2.36. The molecule has 28 heavy (non-hydrogen) atoms. The van der Waals surface area contributed by atoms with Gasteiger partial charge in [-0.3, -0.25) is 0 Å². The maximum Gasteiger partial charge on any atom is 0.418 e. The summed E-state index contributed by atoms with van der Waals surface area (Å²) in [4.78, 5) is 12.2. The van der Waals surface area contributed by atoms with Crippen molar-refractivity contribution in [2.24, 2.45) is 0 Å². The summed E-state index contributed by atoms with van der Waals surface area (Å²) in [7, 11) is 3.75. The maximum absolute atomic E-state index is 13.5. The van der Waals surface area contributed by atoms with Crippen LogP contribution >= 0.6 is 0 Å². The number of hydrogen-bond donors (Lipinski definition) is 1. The lowest BCUT2D eigenvalue weighted by atomic mass is 10.0. The van der Waals surface area contributed by atoms with Crippen molar-refractivity contribution in [3.05, 3.63) is 41.6 Å². The van der Waals surface area contributed by atoms with Crippen LogP contribution in [0.4, 0.5) is 30.6 Å². The number of anilines is 3. The summed E-state index contributed by atoms with van der Waals surface area (Å²) < 4.78 is 40.5. The standard InChI is InChI=1S/C19H21F3N6/c1-27(2)17-7-8-24-18(26-17)25-14-4-3-9-28(12-14)16-6-5-13(11-23)10-15(16)19(20,21)22/h5-8,10,14H,3-4,9,12H2,1-2H3,(H,24,25,26). The van der Waals surface area contributed by atoms with Crippen LogP contribution in [-0.2, 0) is 6.18 Å². The summed E-state index contributed by atoms with van der Waals surface area (Å²) in [6.45, 7) is 0.913. The van der Waals surface area contributed by atoms with E-state index >= 15 is 0 Å². The van der Waals surface area contributed by atoms with Crippen molar-refractivity contribution in [1.29, 1.82) is 5.26 Å². The minimum Gasteiger partial charge on any atom is -0.369 e. The van der Waals surface area contributed by atoms with Gasteiger partial charge in [0, 0.05) is 45.1 Å². The predicted molar refractivity (Wildman–Crippen MR) is 101 cm³/mol. The smallest absolute Gasteiger partial charge is 0.369 e. The van der Waals surface area contributed by atoms with E-state index < -0.39 is 11.7 Å². The molecule has 0 bridgehead atoms. The van der Waals surface area contributed by atoms with Gasteiger partial charge in [0.05, 0.1) is 17.2 Å². The summed E-state index contributed by atoms with van der Waals surface area (Å²) in [5, 5.41) is 12.2. The maximum atomic E-state index is 13.5. The second-order valence-corrected chi connectivity index (χ2v) is 6.90. The molecule has 2 aromatic rings. The number of rotatable bonds is 4. The number of nitrogens with zero attached hydrogens (tertiary/aromatic N) is 5. The molecule has 3 rings (SSSR count). The number of aromatic nitrogens is 2. The van der Waals surface area contributed by atoms with Crippen molar-refractivity contribution < 1.29 is 13.2 Å². The molecule has 1 unspecified atom stereocenters. The highest BCUT2D eigenvalue weighted by Crippen LogP contribution is 2.38. The molecule has 6 nitrogen and oxygen atoms in total. The third kappa shape index (κ3) is 4.44. The van der Waals surface area contributed by atoms with Crippen molar-refractivity contribution >= 4 is 17.5 Å². The molecular weight excluding hydrogens is 369 g/mol. The van der Waals surface area contributed by atoms with Crippen LogP contribution in [0.2, 0.25) is 0 Å². The van der Waals surface area contributed by atoms with Gasteiger partial charge in [-0.15, -0.1) is 0 Å². The Kier molecular flexibility index (Phi) is 5.58. The number of nitriles is 1. The summed E-state index contributed by atoms with van der Waals surface area (Å²) in [6.07, 6.45) is -1.33. The van der Waals surface area contributed by atoms with Crippen LogP contribution in [0.15, 0.2) is 30.5 Å². The van der Waals surface area contributed by atoms with Gasteiger partial charge < -0.3 is 15.1 Å². The number of nitrogens with one attached hydrogen (secondary N) is 1. The molecule has 1 atom stereocenters. The lowest BCUT2D eigenvalue weighted by molar-refractivity contribution is -0.137. The van der Waals surface area contributed by atoms with Crippen molar-refractivity contribution in [1.82, 2.24) is 9.97 Å². The highest BCUT2D eigenvalue weighted by atomic mass is 19.4. The minimum atomic E-state index is -4.52. The molecule has 2 heterocycles. The molecule has 1 aromatic carbocycles. The molecule has 1 aliphatic rings. The lowest BCUT2D eigenvalue weighted by Gasteiger charge is -2.36. The lowest BCUT2D eigenvalue weighted by Crippen LogP contribution is -2.43. The molecule has 1 aliphatic heterocycles. The Labute approximate surface area is 161 Å². The van der Waals surface area contributed by atoms with Crippen LogP contribution < -0.4 is 15.1 Å². The normalized spacial score (nSPS) is 17.1. The average Bonchev–Trinajstić information content (AvgIpc) is 2.67. The SMILES string of the molecule is CN(C)c1ccnc(NC2CCCN(c3ccc(C#N)cc3C(F)(F)F)C2)n1. The van der Waals surface area contributed by atoms with Crippen LogP contribution in [-0.4, -0.2) is 43.2 Å². The predicted octanol–water partition coefficient (Wildman–Crippen LogP) is 3.51. The minimum absolute atomic E-state index is 0.00309. The van der Waals surface area contributed by atoms with Gasteiger partial charge in [-0.1, -0.05) is 0 Å². The van der Waals surface area contributed by atoms with E-state index in [0.717, 1.165) is 24.7 Å². The van der Waals surface area contributed by atoms with Crippen LogP contribution in [0.25, 0.3) is 0 Å². The first-order valence-electron chi connectivity index (χ1n) is 8.91. The summed E-state index contributed by atoms with van der Waals surface area (Å²) in [5.41, 5.74) is -0.685. The number of piperidine rings is 1. The Hall–Kier alpha value is -3.02. The number of halogens is 3. The Morgan fingerprint density at radius 3 is 2.75 bits per heavy atom. The summed E-state index contributed by atoms with van der Waals surface area (Å²) >= 11 is 0. The van der Waals surface area contributed by atoms with E-state index in [9.17, 15) is 13.2 Å². The fourth-order valence-electron chi connectivity index (χ4n) is 3.27. The fraction of sp³-hybridized carbons (Fsp3) is 0.421. The molecule has 1 fully saturated rings. The van der Waals surface area contributed by atoms with E-state index in [1.165, 1.54) is 12.1 Å².